The summed E-state index contributed by atoms with van der Waals surface area (Å²) in [6.07, 6.45) is 0. The van der Waals surface area contributed by atoms with E-state index in [1.165, 1.54) is 5.56 Å². The summed E-state index contributed by atoms with van der Waals surface area (Å²) in [7, 11) is 0. The van der Waals surface area contributed by atoms with Crippen LogP contribution < -0.4 is 0 Å². The highest BCUT2D eigenvalue weighted by Crippen LogP contribution is 2.38. The van der Waals surface area contributed by atoms with Gasteiger partial charge in [0.15, 0.2) is 11.6 Å². The molecule has 2 heterocycles. The number of aromatic nitrogens is 4. The smallest absolute Gasteiger partial charge is 0.226 e. The van der Waals surface area contributed by atoms with Crippen molar-refractivity contribution in [2.24, 2.45) is 0 Å². The lowest BCUT2D eigenvalue weighted by molar-refractivity contribution is 1.07. The Morgan fingerprint density at radius 2 is 1.14 bits per heavy atom. The van der Waals surface area contributed by atoms with E-state index in [1.54, 1.807) is 0 Å². The van der Waals surface area contributed by atoms with Gasteiger partial charge in [0.2, 0.25) is 5.28 Å². The molecule has 4 nitrogen and oxygen atoms in total. The van der Waals surface area contributed by atoms with Crippen molar-refractivity contribution in [3.05, 3.63) is 145 Å². The topological polar surface area (TPSA) is 43.6 Å². The van der Waals surface area contributed by atoms with E-state index in [4.69, 9.17) is 16.6 Å². The molecule has 0 N–H and O–H groups in total. The predicted octanol–water partition coefficient (Wildman–Crippen LogP) is 9.78. The van der Waals surface area contributed by atoms with Gasteiger partial charge < -0.3 is 4.57 Å². The van der Waals surface area contributed by atoms with Crippen LogP contribution in [0.3, 0.4) is 0 Å². The molecule has 0 aliphatic heterocycles. The quantitative estimate of drug-likeness (QED) is 0.216. The molecule has 42 heavy (non-hydrogen) atoms. The third kappa shape index (κ3) is 4.12. The maximum absolute atomic E-state index is 6.58. The zero-order valence-corrected chi connectivity index (χ0v) is 23.2. The van der Waals surface area contributed by atoms with E-state index < -0.39 is 0 Å². The maximum Gasteiger partial charge on any atom is 0.226 e. The van der Waals surface area contributed by atoms with Crippen molar-refractivity contribution >= 4 is 44.2 Å². The highest BCUT2D eigenvalue weighted by molar-refractivity contribution is 6.28. The number of fused-ring (bicyclic) bond motifs is 4. The van der Waals surface area contributed by atoms with Crippen molar-refractivity contribution in [2.45, 2.75) is 0 Å². The maximum atomic E-state index is 6.58. The van der Waals surface area contributed by atoms with E-state index in [-0.39, 0.29) is 5.28 Å². The number of rotatable bonds is 4. The van der Waals surface area contributed by atoms with Crippen LogP contribution in [0.2, 0.25) is 5.28 Å². The van der Waals surface area contributed by atoms with Gasteiger partial charge in [-0.1, -0.05) is 103 Å². The molecular formula is C37H23ClN4. The van der Waals surface area contributed by atoms with Crippen LogP contribution in [0.1, 0.15) is 0 Å². The number of para-hydroxylation sites is 2. The van der Waals surface area contributed by atoms with E-state index in [1.807, 2.05) is 18.2 Å². The van der Waals surface area contributed by atoms with E-state index in [0.717, 1.165) is 55.0 Å². The lowest BCUT2D eigenvalue weighted by atomic mass is 10.00. The Labute approximate surface area is 247 Å². The van der Waals surface area contributed by atoms with Gasteiger partial charge in [-0.05, 0) is 69.9 Å². The standard InChI is InChI=1S/C37H23ClN4/c38-37-40-35(27-21-19-25-18-20-26(22-28(25)23-27)24-10-3-1-4-11-24)39-36(41-37)31-15-9-17-33-34(31)30-14-7-8-16-32(30)42(33)29-12-5-2-6-13-29/h1-23H. The van der Waals surface area contributed by atoms with Gasteiger partial charge in [-0.2, -0.15) is 9.97 Å². The monoisotopic (exact) mass is 558 g/mol. The lowest BCUT2D eigenvalue weighted by Crippen LogP contribution is -1.98. The third-order valence-corrected chi connectivity index (χ3v) is 7.94. The minimum Gasteiger partial charge on any atom is -0.309 e. The minimum absolute atomic E-state index is 0.164. The molecule has 0 atom stereocenters. The molecule has 0 saturated heterocycles. The molecule has 2 aromatic heterocycles. The number of nitrogens with zero attached hydrogens (tertiary/aromatic N) is 4. The van der Waals surface area contributed by atoms with Crippen LogP contribution in [0.4, 0.5) is 0 Å². The fraction of sp³-hybridized carbons (Fsp3) is 0. The number of hydrogen-bond acceptors (Lipinski definition) is 3. The highest BCUT2D eigenvalue weighted by atomic mass is 35.5. The van der Waals surface area contributed by atoms with Gasteiger partial charge in [0, 0.05) is 27.6 Å². The second-order valence-electron chi connectivity index (χ2n) is 10.3. The van der Waals surface area contributed by atoms with Crippen molar-refractivity contribution < 1.29 is 0 Å². The SMILES string of the molecule is Clc1nc(-c2ccc3ccc(-c4ccccc4)cc3c2)nc(-c2cccc3c2c2ccccc2n3-c2ccccc2)n1. The van der Waals surface area contributed by atoms with Crippen LogP contribution in [-0.2, 0) is 0 Å². The average Bonchev–Trinajstić information content (AvgIpc) is 3.39. The van der Waals surface area contributed by atoms with Gasteiger partial charge in [-0.15, -0.1) is 0 Å². The Morgan fingerprint density at radius 1 is 0.476 bits per heavy atom. The minimum atomic E-state index is 0.164. The van der Waals surface area contributed by atoms with Crippen LogP contribution in [0.15, 0.2) is 140 Å². The summed E-state index contributed by atoms with van der Waals surface area (Å²) in [6.45, 7) is 0. The molecule has 0 bridgehead atoms. The molecule has 0 unspecified atom stereocenters. The summed E-state index contributed by atoms with van der Waals surface area (Å²) < 4.78 is 2.28. The van der Waals surface area contributed by atoms with Gasteiger partial charge >= 0.3 is 0 Å². The Kier molecular flexibility index (Phi) is 5.80. The third-order valence-electron chi connectivity index (χ3n) is 7.77. The highest BCUT2D eigenvalue weighted by Gasteiger charge is 2.18. The second kappa shape index (κ2) is 9.95. The fourth-order valence-electron chi connectivity index (χ4n) is 5.86. The first-order valence-corrected chi connectivity index (χ1v) is 14.2. The summed E-state index contributed by atoms with van der Waals surface area (Å²) in [4.78, 5) is 14.2. The zero-order valence-electron chi connectivity index (χ0n) is 22.4. The molecule has 8 rings (SSSR count). The van der Waals surface area contributed by atoms with Gasteiger partial charge in [-0.3, -0.25) is 0 Å². The molecule has 5 heteroatoms. The van der Waals surface area contributed by atoms with Crippen LogP contribution in [0.5, 0.6) is 0 Å². The summed E-state index contributed by atoms with van der Waals surface area (Å²) in [5.41, 5.74) is 7.44. The van der Waals surface area contributed by atoms with Gasteiger partial charge in [0.1, 0.15) is 0 Å². The summed E-state index contributed by atoms with van der Waals surface area (Å²) in [6, 6.07) is 48.3. The molecule has 0 amide bonds. The van der Waals surface area contributed by atoms with E-state index >= 15 is 0 Å². The molecule has 198 valence electrons. The predicted molar refractivity (Wildman–Crippen MR) is 173 cm³/mol. The zero-order chi connectivity index (χ0) is 28.0. The molecule has 6 aromatic carbocycles. The van der Waals surface area contributed by atoms with Crippen LogP contribution in [-0.4, -0.2) is 19.5 Å². The van der Waals surface area contributed by atoms with E-state index in [9.17, 15) is 0 Å². The first-order chi connectivity index (χ1) is 20.7. The first kappa shape index (κ1) is 24.5. The molecule has 0 aliphatic rings. The Balaban J connectivity index is 1.30. The number of halogens is 1. The molecule has 0 aliphatic carbocycles. The molecule has 0 radical (unpaired) electrons. The molecule has 0 fully saturated rings. The summed E-state index contributed by atoms with van der Waals surface area (Å²) >= 11 is 6.58. The van der Waals surface area contributed by atoms with E-state index in [0.29, 0.717) is 11.6 Å². The Bertz CT molecular complexity index is 2260. The van der Waals surface area contributed by atoms with Crippen molar-refractivity contribution in [1.29, 1.82) is 0 Å². The van der Waals surface area contributed by atoms with Crippen LogP contribution >= 0.6 is 11.6 Å². The molecule has 8 aromatic rings. The van der Waals surface area contributed by atoms with Crippen molar-refractivity contribution in [3.63, 3.8) is 0 Å². The first-order valence-electron chi connectivity index (χ1n) is 13.8. The molecular weight excluding hydrogens is 536 g/mol. The summed E-state index contributed by atoms with van der Waals surface area (Å²) in [5, 5.41) is 4.63. The molecule has 0 saturated carbocycles. The number of hydrogen-bond donors (Lipinski definition) is 0. The van der Waals surface area contributed by atoms with Crippen molar-refractivity contribution in [3.8, 4) is 39.6 Å². The fourth-order valence-corrected chi connectivity index (χ4v) is 6.02. The van der Waals surface area contributed by atoms with Crippen LogP contribution in [0, 0.1) is 0 Å². The lowest BCUT2D eigenvalue weighted by Gasteiger charge is -2.09. The van der Waals surface area contributed by atoms with E-state index in [2.05, 4.69) is 136 Å². The summed E-state index contributed by atoms with van der Waals surface area (Å²) in [5.74, 6) is 1.09. The largest absolute Gasteiger partial charge is 0.309 e. The average molecular weight is 559 g/mol. The van der Waals surface area contributed by atoms with Gasteiger partial charge in [0.05, 0.1) is 11.0 Å². The molecule has 0 spiro atoms. The Morgan fingerprint density at radius 3 is 1.98 bits per heavy atom. The van der Waals surface area contributed by atoms with Crippen molar-refractivity contribution in [1.82, 2.24) is 19.5 Å². The normalized spacial score (nSPS) is 11.5. The van der Waals surface area contributed by atoms with Gasteiger partial charge in [-0.25, -0.2) is 4.98 Å². The number of benzene rings is 6. The van der Waals surface area contributed by atoms with Crippen molar-refractivity contribution in [2.75, 3.05) is 0 Å². The second-order valence-corrected chi connectivity index (χ2v) is 10.6. The van der Waals surface area contributed by atoms with Gasteiger partial charge in [0.25, 0.3) is 0 Å². The van der Waals surface area contributed by atoms with Crippen LogP contribution in [0.25, 0.3) is 72.2 Å². The Hall–Kier alpha value is -5.32.